The molecular weight excluding hydrogens is 397 g/mol. The van der Waals surface area contributed by atoms with E-state index in [1.165, 1.54) is 0 Å². The van der Waals surface area contributed by atoms with E-state index in [0.717, 1.165) is 24.5 Å². The number of amides is 1. The van der Waals surface area contributed by atoms with E-state index in [0.29, 0.717) is 29.4 Å². The van der Waals surface area contributed by atoms with Crippen molar-refractivity contribution in [2.24, 2.45) is 0 Å². The quantitative estimate of drug-likeness (QED) is 0.772. The van der Waals surface area contributed by atoms with Gasteiger partial charge in [0, 0.05) is 43.6 Å². The first-order chi connectivity index (χ1) is 11.6. The zero-order valence-corrected chi connectivity index (χ0v) is 16.7. The summed E-state index contributed by atoms with van der Waals surface area (Å²) in [5.41, 5.74) is 7.85. The van der Waals surface area contributed by atoms with Crippen LogP contribution in [-0.2, 0) is 0 Å². The third kappa shape index (κ3) is 4.87. The maximum Gasteiger partial charge on any atom is 0.255 e. The molecule has 1 saturated heterocycles. The maximum atomic E-state index is 12.6. The fourth-order valence-electron chi connectivity index (χ4n) is 2.85. The summed E-state index contributed by atoms with van der Waals surface area (Å²) in [5, 5.41) is 0.398. The lowest BCUT2D eigenvalue weighted by atomic mass is 10.1. The van der Waals surface area contributed by atoms with Crippen LogP contribution >= 0.6 is 36.4 Å². The van der Waals surface area contributed by atoms with E-state index in [-0.39, 0.29) is 30.7 Å². The molecule has 2 aromatic rings. The van der Waals surface area contributed by atoms with Crippen LogP contribution in [0.2, 0.25) is 5.02 Å². The first-order valence-corrected chi connectivity index (χ1v) is 8.19. The SMILES string of the molecule is COc1cccc(N2CCN(C(=O)c3ccc(N)cc3Cl)CC2)c1.Cl.Cl. The summed E-state index contributed by atoms with van der Waals surface area (Å²) >= 11 is 6.15. The molecule has 0 aromatic heterocycles. The highest BCUT2D eigenvalue weighted by Gasteiger charge is 2.23. The molecule has 0 saturated carbocycles. The van der Waals surface area contributed by atoms with Crippen LogP contribution in [0.1, 0.15) is 10.4 Å². The van der Waals surface area contributed by atoms with Crippen molar-refractivity contribution in [3.8, 4) is 5.75 Å². The van der Waals surface area contributed by atoms with Gasteiger partial charge in [-0.15, -0.1) is 24.8 Å². The van der Waals surface area contributed by atoms with Crippen LogP contribution in [0.15, 0.2) is 42.5 Å². The molecular formula is C18H22Cl3N3O2. The van der Waals surface area contributed by atoms with Crippen molar-refractivity contribution in [3.63, 3.8) is 0 Å². The van der Waals surface area contributed by atoms with Gasteiger partial charge in [-0.3, -0.25) is 4.79 Å². The van der Waals surface area contributed by atoms with E-state index in [4.69, 9.17) is 22.1 Å². The van der Waals surface area contributed by atoms with Gasteiger partial charge >= 0.3 is 0 Å². The smallest absolute Gasteiger partial charge is 0.255 e. The molecule has 1 aliphatic rings. The van der Waals surface area contributed by atoms with Crippen LogP contribution in [0, 0.1) is 0 Å². The summed E-state index contributed by atoms with van der Waals surface area (Å²) in [6.45, 7) is 2.84. The second-order valence-corrected chi connectivity index (χ2v) is 6.13. The van der Waals surface area contributed by atoms with Crippen LogP contribution in [-0.4, -0.2) is 44.1 Å². The predicted molar refractivity (Wildman–Crippen MR) is 111 cm³/mol. The van der Waals surface area contributed by atoms with Crippen LogP contribution in [0.25, 0.3) is 0 Å². The second kappa shape index (κ2) is 9.76. The van der Waals surface area contributed by atoms with Crippen molar-refractivity contribution in [1.82, 2.24) is 4.90 Å². The Morgan fingerprint density at radius 2 is 1.77 bits per heavy atom. The van der Waals surface area contributed by atoms with Gasteiger partial charge in [0.1, 0.15) is 5.75 Å². The van der Waals surface area contributed by atoms with Crippen molar-refractivity contribution < 1.29 is 9.53 Å². The molecule has 3 rings (SSSR count). The van der Waals surface area contributed by atoms with Crippen molar-refractivity contribution >= 4 is 53.7 Å². The van der Waals surface area contributed by atoms with Gasteiger partial charge in [0.05, 0.1) is 17.7 Å². The van der Waals surface area contributed by atoms with Gasteiger partial charge < -0.3 is 20.3 Å². The van der Waals surface area contributed by atoms with Crippen LogP contribution in [0.3, 0.4) is 0 Å². The standard InChI is InChI=1S/C18H20ClN3O2.2ClH/c1-24-15-4-2-3-14(12-15)21-7-9-22(10-8-21)18(23)16-6-5-13(20)11-17(16)19;;/h2-6,11-12H,7-10,20H2,1H3;2*1H. The number of nitrogens with two attached hydrogens (primary N) is 1. The molecule has 1 heterocycles. The van der Waals surface area contributed by atoms with Crippen molar-refractivity contribution in [1.29, 1.82) is 0 Å². The number of hydrogen-bond donors (Lipinski definition) is 1. The largest absolute Gasteiger partial charge is 0.497 e. The maximum absolute atomic E-state index is 12.6. The summed E-state index contributed by atoms with van der Waals surface area (Å²) in [5.74, 6) is 0.782. The fourth-order valence-corrected chi connectivity index (χ4v) is 3.12. The lowest BCUT2D eigenvalue weighted by Crippen LogP contribution is -2.48. The molecule has 0 aliphatic carbocycles. The minimum atomic E-state index is -0.0507. The molecule has 0 bridgehead atoms. The molecule has 26 heavy (non-hydrogen) atoms. The van der Waals surface area contributed by atoms with Crippen molar-refractivity contribution in [2.75, 3.05) is 43.9 Å². The lowest BCUT2D eigenvalue weighted by molar-refractivity contribution is 0.0747. The number of ether oxygens (including phenoxy) is 1. The normalized spacial score (nSPS) is 13.5. The zero-order chi connectivity index (χ0) is 17.1. The molecule has 1 amide bonds. The summed E-state index contributed by atoms with van der Waals surface area (Å²) in [7, 11) is 1.66. The van der Waals surface area contributed by atoms with Crippen molar-refractivity contribution in [3.05, 3.63) is 53.1 Å². The van der Waals surface area contributed by atoms with E-state index in [1.807, 2.05) is 23.1 Å². The number of rotatable bonds is 3. The number of methoxy groups -OCH3 is 1. The second-order valence-electron chi connectivity index (χ2n) is 5.72. The molecule has 2 N–H and O–H groups in total. The Morgan fingerprint density at radius 3 is 2.38 bits per heavy atom. The number of nitrogen functional groups attached to an aromatic ring is 1. The van der Waals surface area contributed by atoms with Crippen molar-refractivity contribution in [2.45, 2.75) is 0 Å². The Morgan fingerprint density at radius 1 is 1.08 bits per heavy atom. The Hall–Kier alpha value is -1.82. The number of carbonyl (C=O) groups is 1. The molecule has 0 radical (unpaired) electrons. The molecule has 1 aliphatic heterocycles. The Labute approximate surface area is 170 Å². The Kier molecular flexibility index (Phi) is 8.34. The van der Waals surface area contributed by atoms with Gasteiger partial charge in [-0.25, -0.2) is 0 Å². The average Bonchev–Trinajstić information content (AvgIpc) is 2.61. The van der Waals surface area contributed by atoms with Gasteiger partial charge in [0.25, 0.3) is 5.91 Å². The van der Waals surface area contributed by atoms with E-state index in [9.17, 15) is 4.79 Å². The molecule has 0 spiro atoms. The highest BCUT2D eigenvalue weighted by atomic mass is 35.5. The molecule has 0 unspecified atom stereocenters. The number of benzene rings is 2. The van der Waals surface area contributed by atoms with Gasteiger partial charge in [-0.05, 0) is 30.3 Å². The number of nitrogens with zero attached hydrogens (tertiary/aromatic N) is 2. The van der Waals surface area contributed by atoms with Gasteiger partial charge in [-0.2, -0.15) is 0 Å². The first kappa shape index (κ1) is 22.2. The first-order valence-electron chi connectivity index (χ1n) is 7.82. The highest BCUT2D eigenvalue weighted by molar-refractivity contribution is 6.34. The number of hydrogen-bond acceptors (Lipinski definition) is 4. The lowest BCUT2D eigenvalue weighted by Gasteiger charge is -2.36. The molecule has 0 atom stereocenters. The summed E-state index contributed by atoms with van der Waals surface area (Å²) in [6, 6.07) is 13.0. The third-order valence-corrected chi connectivity index (χ3v) is 4.52. The Bertz CT molecular complexity index is 750. The monoisotopic (exact) mass is 417 g/mol. The topological polar surface area (TPSA) is 58.8 Å². The average molecular weight is 419 g/mol. The fraction of sp³-hybridized carbons (Fsp3) is 0.278. The van der Waals surface area contributed by atoms with E-state index < -0.39 is 0 Å². The molecule has 1 fully saturated rings. The van der Waals surface area contributed by atoms with Crippen LogP contribution < -0.4 is 15.4 Å². The molecule has 5 nitrogen and oxygen atoms in total. The number of piperazine rings is 1. The molecule has 8 heteroatoms. The zero-order valence-electron chi connectivity index (χ0n) is 14.4. The van der Waals surface area contributed by atoms with Gasteiger partial charge in [-0.1, -0.05) is 17.7 Å². The number of halogens is 3. The van der Waals surface area contributed by atoms with Crippen LogP contribution in [0.4, 0.5) is 11.4 Å². The predicted octanol–water partition coefficient (Wildman–Crippen LogP) is 3.74. The number of anilines is 2. The third-order valence-electron chi connectivity index (χ3n) is 4.21. The minimum Gasteiger partial charge on any atom is -0.497 e. The molecule has 142 valence electrons. The van der Waals surface area contributed by atoms with Gasteiger partial charge in [0.15, 0.2) is 0 Å². The van der Waals surface area contributed by atoms with E-state index in [1.54, 1.807) is 25.3 Å². The summed E-state index contributed by atoms with van der Waals surface area (Å²) in [4.78, 5) is 16.7. The Balaban J connectivity index is 0.00000169. The highest BCUT2D eigenvalue weighted by Crippen LogP contribution is 2.24. The van der Waals surface area contributed by atoms with E-state index >= 15 is 0 Å². The minimum absolute atomic E-state index is 0. The summed E-state index contributed by atoms with van der Waals surface area (Å²) in [6.07, 6.45) is 0. The van der Waals surface area contributed by atoms with E-state index in [2.05, 4.69) is 11.0 Å². The molecule has 2 aromatic carbocycles. The number of carbonyl (C=O) groups excluding carboxylic acids is 1. The van der Waals surface area contributed by atoms with Crippen LogP contribution in [0.5, 0.6) is 5.75 Å². The van der Waals surface area contributed by atoms with Gasteiger partial charge in [0.2, 0.25) is 0 Å². The summed E-state index contributed by atoms with van der Waals surface area (Å²) < 4.78 is 5.27.